The van der Waals surface area contributed by atoms with E-state index in [9.17, 15) is 0 Å². The van der Waals surface area contributed by atoms with Crippen molar-refractivity contribution >= 4 is 60.8 Å². The van der Waals surface area contributed by atoms with E-state index in [1.165, 1.54) is 66.4 Å². The molecule has 0 fully saturated rings. The van der Waals surface area contributed by atoms with E-state index in [0.29, 0.717) is 0 Å². The molecule has 0 spiro atoms. The topological polar surface area (TPSA) is 21.3 Å². The molecule has 0 bridgehead atoms. The number of furan rings is 1. The molecule has 1 aliphatic heterocycles. The summed E-state index contributed by atoms with van der Waals surface area (Å²) in [6.07, 6.45) is 0. The summed E-state index contributed by atoms with van der Waals surface area (Å²) in [4.78, 5) is 2.34. The van der Waals surface area contributed by atoms with E-state index in [2.05, 4.69) is 228 Å². The van der Waals surface area contributed by atoms with Gasteiger partial charge < -0.3 is 13.9 Å². The quantitative estimate of drug-likeness (QED) is 0.167. The molecule has 12 aromatic rings. The number of benzene rings is 10. The Morgan fingerprint density at radius 2 is 0.825 bits per heavy atom. The van der Waals surface area contributed by atoms with E-state index in [1.54, 1.807) is 0 Å². The molecule has 10 aromatic carbocycles. The van der Waals surface area contributed by atoms with E-state index < -0.39 is 0 Å². The second-order valence-corrected chi connectivity index (χ2v) is 16.5. The maximum absolute atomic E-state index is 6.43. The number of hydrogen-bond donors (Lipinski definition) is 0. The number of para-hydroxylation sites is 4. The molecule has 0 aliphatic carbocycles. The molecule has 2 aromatic heterocycles. The Hall–Kier alpha value is -8.40. The fourth-order valence-corrected chi connectivity index (χ4v) is 10.0. The summed E-state index contributed by atoms with van der Waals surface area (Å²) in [5.41, 5.74) is 20.7. The van der Waals surface area contributed by atoms with Gasteiger partial charge in [-0.15, -0.1) is 0 Å². The highest BCUT2D eigenvalue weighted by Gasteiger charge is 2.25. The fraction of sp³-hybridized carbons (Fsp3) is 0. The van der Waals surface area contributed by atoms with Gasteiger partial charge in [-0.05, 0) is 99.6 Å². The van der Waals surface area contributed by atoms with Crippen LogP contribution in [0.3, 0.4) is 0 Å². The van der Waals surface area contributed by atoms with Crippen molar-refractivity contribution in [3.63, 3.8) is 0 Å². The van der Waals surface area contributed by atoms with E-state index >= 15 is 0 Å². The Balaban J connectivity index is 0.909. The van der Waals surface area contributed by atoms with Crippen LogP contribution >= 0.6 is 0 Å². The van der Waals surface area contributed by atoms with Gasteiger partial charge in [-0.2, -0.15) is 0 Å². The van der Waals surface area contributed by atoms with E-state index in [0.717, 1.165) is 55.7 Å². The SMILES string of the molecule is c1ccc(-c2ccc(N(c3ccc(-c4ccc5c(c4)-c4ccccc4-c4cccc6c7ccccc7n-5c46)cc3)c3ccc(-c4cccc5c4oc4ccccc45)cc3)cc2)cc1. The Labute approximate surface area is 365 Å². The molecule has 0 N–H and O–H groups in total. The van der Waals surface area contributed by atoms with Gasteiger partial charge in [-0.25, -0.2) is 0 Å². The predicted octanol–water partition coefficient (Wildman–Crippen LogP) is 16.8. The molecule has 3 heterocycles. The minimum absolute atomic E-state index is 0.905. The number of anilines is 3. The van der Waals surface area contributed by atoms with Crippen molar-refractivity contribution in [2.24, 2.45) is 0 Å². The Morgan fingerprint density at radius 3 is 1.56 bits per heavy atom. The molecule has 3 heteroatoms. The van der Waals surface area contributed by atoms with Crippen LogP contribution in [0.5, 0.6) is 0 Å². The highest BCUT2D eigenvalue weighted by molar-refractivity contribution is 6.16. The maximum Gasteiger partial charge on any atom is 0.143 e. The fourth-order valence-electron chi connectivity index (χ4n) is 10.0. The van der Waals surface area contributed by atoms with Crippen molar-refractivity contribution in [3.05, 3.63) is 231 Å². The van der Waals surface area contributed by atoms with Crippen molar-refractivity contribution in [2.75, 3.05) is 4.90 Å². The van der Waals surface area contributed by atoms with E-state index in [1.807, 2.05) is 12.1 Å². The molecule has 0 radical (unpaired) electrons. The molecule has 3 nitrogen and oxygen atoms in total. The van der Waals surface area contributed by atoms with Crippen molar-refractivity contribution in [3.8, 4) is 61.3 Å². The van der Waals surface area contributed by atoms with E-state index in [-0.39, 0.29) is 0 Å². The molecule has 13 rings (SSSR count). The zero-order chi connectivity index (χ0) is 41.4. The van der Waals surface area contributed by atoms with Crippen molar-refractivity contribution in [1.29, 1.82) is 0 Å². The summed E-state index contributed by atoms with van der Waals surface area (Å²) in [7, 11) is 0. The van der Waals surface area contributed by atoms with Gasteiger partial charge in [0.25, 0.3) is 0 Å². The first-order valence-electron chi connectivity index (χ1n) is 21.6. The van der Waals surface area contributed by atoms with Crippen LogP contribution < -0.4 is 4.90 Å². The lowest BCUT2D eigenvalue weighted by molar-refractivity contribution is 0.670. The Kier molecular flexibility index (Phi) is 7.91. The average molecular weight is 803 g/mol. The number of hydrogen-bond acceptors (Lipinski definition) is 2. The molecule has 294 valence electrons. The van der Waals surface area contributed by atoms with Crippen LogP contribution in [0.2, 0.25) is 0 Å². The average Bonchev–Trinajstić information content (AvgIpc) is 3.87. The summed E-state index contributed by atoms with van der Waals surface area (Å²) in [5.74, 6) is 0. The predicted molar refractivity (Wildman–Crippen MR) is 263 cm³/mol. The number of aromatic nitrogens is 1. The standard InChI is InChI=1S/C60H38N2O/c1-2-12-39(13-3-1)40-24-31-44(32-25-40)61(46-35-28-42(29-36-46)47-18-10-21-54-51-17-7-9-23-58(51)63-60(47)54)45-33-26-41(27-34-45)43-30-37-57-55(38-43)49-15-5-4-14-48(49)52-19-11-20-53-50-16-6-8-22-56(50)62(57)59(52)53/h1-38H. The normalized spacial score (nSPS) is 11.8. The highest BCUT2D eigenvalue weighted by atomic mass is 16.3. The number of fused-ring (bicyclic) bond motifs is 11. The first kappa shape index (κ1) is 35.4. The smallest absolute Gasteiger partial charge is 0.143 e. The monoisotopic (exact) mass is 802 g/mol. The van der Waals surface area contributed by atoms with Crippen molar-refractivity contribution in [1.82, 2.24) is 4.57 Å². The van der Waals surface area contributed by atoms with Gasteiger partial charge in [-0.3, -0.25) is 0 Å². The lowest BCUT2D eigenvalue weighted by Gasteiger charge is -2.26. The van der Waals surface area contributed by atoms with Crippen LogP contribution in [0.1, 0.15) is 0 Å². The van der Waals surface area contributed by atoms with Crippen LogP contribution in [-0.2, 0) is 0 Å². The minimum atomic E-state index is 0.905. The lowest BCUT2D eigenvalue weighted by atomic mass is 9.92. The van der Waals surface area contributed by atoms with Crippen LogP contribution in [-0.4, -0.2) is 4.57 Å². The third kappa shape index (κ3) is 5.60. The van der Waals surface area contributed by atoms with Crippen LogP contribution in [0.4, 0.5) is 17.1 Å². The van der Waals surface area contributed by atoms with E-state index in [4.69, 9.17) is 4.42 Å². The van der Waals surface area contributed by atoms with Gasteiger partial charge in [0.2, 0.25) is 0 Å². The minimum Gasteiger partial charge on any atom is -0.455 e. The van der Waals surface area contributed by atoms with Crippen molar-refractivity contribution in [2.45, 2.75) is 0 Å². The maximum atomic E-state index is 6.43. The molecule has 63 heavy (non-hydrogen) atoms. The molecule has 1 aliphatic rings. The molecular weight excluding hydrogens is 765 g/mol. The van der Waals surface area contributed by atoms with Gasteiger partial charge in [0.1, 0.15) is 11.2 Å². The summed E-state index contributed by atoms with van der Waals surface area (Å²) >= 11 is 0. The third-order valence-corrected chi connectivity index (χ3v) is 13.0. The molecule has 0 atom stereocenters. The molecule has 0 saturated heterocycles. The largest absolute Gasteiger partial charge is 0.455 e. The van der Waals surface area contributed by atoms with Crippen molar-refractivity contribution < 1.29 is 4.42 Å². The zero-order valence-electron chi connectivity index (χ0n) is 34.2. The summed E-state index contributed by atoms with van der Waals surface area (Å²) in [6, 6.07) is 83.4. The third-order valence-electron chi connectivity index (χ3n) is 13.0. The van der Waals surface area contributed by atoms with Crippen LogP contribution in [0.15, 0.2) is 235 Å². The number of rotatable bonds is 6. The van der Waals surface area contributed by atoms with Crippen LogP contribution in [0.25, 0.3) is 105 Å². The molecule has 0 saturated carbocycles. The second kappa shape index (κ2) is 14.1. The summed E-state index contributed by atoms with van der Waals surface area (Å²) in [5, 5.41) is 4.82. The van der Waals surface area contributed by atoms with Gasteiger partial charge >= 0.3 is 0 Å². The molecular formula is C60H38N2O. The summed E-state index contributed by atoms with van der Waals surface area (Å²) in [6.45, 7) is 0. The second-order valence-electron chi connectivity index (χ2n) is 16.5. The van der Waals surface area contributed by atoms with Crippen LogP contribution in [0, 0.1) is 0 Å². The van der Waals surface area contributed by atoms with Gasteiger partial charge in [0, 0.05) is 55.3 Å². The summed E-state index contributed by atoms with van der Waals surface area (Å²) < 4.78 is 8.91. The number of nitrogens with zero attached hydrogens (tertiary/aromatic N) is 2. The van der Waals surface area contributed by atoms with Gasteiger partial charge in [0.05, 0.1) is 16.7 Å². The molecule has 0 unspecified atom stereocenters. The van der Waals surface area contributed by atoms with Gasteiger partial charge in [0.15, 0.2) is 0 Å². The highest BCUT2D eigenvalue weighted by Crippen LogP contribution is 2.48. The Morgan fingerprint density at radius 1 is 0.317 bits per heavy atom. The zero-order valence-corrected chi connectivity index (χ0v) is 34.2. The molecule has 0 amide bonds. The van der Waals surface area contributed by atoms with Gasteiger partial charge in [-0.1, -0.05) is 170 Å². The Bertz CT molecular complexity index is 3710. The first-order chi connectivity index (χ1) is 31.2. The lowest BCUT2D eigenvalue weighted by Crippen LogP contribution is -2.09. The first-order valence-corrected chi connectivity index (χ1v) is 21.6.